The summed E-state index contributed by atoms with van der Waals surface area (Å²) in [7, 11) is 8.61. The van der Waals surface area contributed by atoms with Gasteiger partial charge in [0.2, 0.25) is 0 Å². The zero-order valence-electron chi connectivity index (χ0n) is 15.3. The molecule has 0 aliphatic rings. The molecule has 0 saturated carbocycles. The molecular formula is C17H38ClN3. The van der Waals surface area contributed by atoms with E-state index in [0.29, 0.717) is 0 Å². The number of rotatable bonds is 10. The van der Waals surface area contributed by atoms with Crippen molar-refractivity contribution < 1.29 is 17.0 Å². The van der Waals surface area contributed by atoms with Gasteiger partial charge in [-0.2, -0.15) is 0 Å². The van der Waals surface area contributed by atoms with Gasteiger partial charge in [-0.3, -0.25) is 14.4 Å². The third-order valence-corrected chi connectivity index (χ3v) is 3.65. The van der Waals surface area contributed by atoms with Crippen molar-refractivity contribution >= 4 is 5.96 Å². The topological polar surface area (TPSA) is 9.49 Å². The molecule has 0 heterocycles. The fourth-order valence-electron chi connectivity index (χ4n) is 2.74. The van der Waals surface area contributed by atoms with E-state index < -0.39 is 0 Å². The summed E-state index contributed by atoms with van der Waals surface area (Å²) in [6.45, 7) is 6.94. The van der Waals surface area contributed by atoms with Crippen LogP contribution in [0, 0.1) is 0 Å². The first kappa shape index (κ1) is 22.8. The summed E-state index contributed by atoms with van der Waals surface area (Å²) in [6.07, 6.45) is 10.7. The molecule has 0 N–H and O–H groups in total. The van der Waals surface area contributed by atoms with Gasteiger partial charge < -0.3 is 12.4 Å². The molecule has 0 aromatic rings. The molecule has 0 aromatic carbocycles. The van der Waals surface area contributed by atoms with Crippen LogP contribution in [-0.2, 0) is 0 Å². The second kappa shape index (κ2) is 14.5. The standard InChI is InChI=1S/C17H38N3.ClH/c1-7-9-11-13-15-20(16-14-12-10-8-2)17(18(3)4)19(5)6;/h7-16H2,1-6H3;1H/q+1;/p-1. The molecule has 0 rings (SSSR count). The highest BCUT2D eigenvalue weighted by atomic mass is 35.5. The molecule has 0 bridgehead atoms. The van der Waals surface area contributed by atoms with E-state index in [1.807, 2.05) is 0 Å². The molecule has 3 nitrogen and oxygen atoms in total. The molecule has 0 unspecified atom stereocenters. The van der Waals surface area contributed by atoms with E-state index in [4.69, 9.17) is 0 Å². The average Bonchev–Trinajstić information content (AvgIpc) is 2.38. The Labute approximate surface area is 139 Å². The summed E-state index contributed by atoms with van der Waals surface area (Å²) >= 11 is 0. The lowest BCUT2D eigenvalue weighted by Crippen LogP contribution is -3.00. The van der Waals surface area contributed by atoms with E-state index in [0.717, 1.165) is 0 Å². The van der Waals surface area contributed by atoms with Crippen LogP contribution < -0.4 is 12.4 Å². The number of hydrogen-bond donors (Lipinski definition) is 0. The van der Waals surface area contributed by atoms with Crippen molar-refractivity contribution in [3.05, 3.63) is 0 Å². The number of guanidine groups is 1. The predicted molar refractivity (Wildman–Crippen MR) is 90.7 cm³/mol. The number of unbranched alkanes of at least 4 members (excludes halogenated alkanes) is 6. The Morgan fingerprint density at radius 2 is 1.19 bits per heavy atom. The van der Waals surface area contributed by atoms with Crippen molar-refractivity contribution in [1.82, 2.24) is 9.80 Å². The minimum absolute atomic E-state index is 0. The number of hydrogen-bond acceptors (Lipinski definition) is 0. The van der Waals surface area contributed by atoms with E-state index in [2.05, 4.69) is 56.4 Å². The van der Waals surface area contributed by atoms with Crippen molar-refractivity contribution in [2.45, 2.75) is 65.2 Å². The molecule has 0 atom stereocenters. The van der Waals surface area contributed by atoms with Gasteiger partial charge in [0.05, 0.1) is 41.3 Å². The Bertz CT molecular complexity index is 249. The Kier molecular flexibility index (Phi) is 15.8. The fraction of sp³-hybridized carbons (Fsp3) is 0.941. The highest BCUT2D eigenvalue weighted by molar-refractivity contribution is 5.74. The van der Waals surface area contributed by atoms with E-state index in [9.17, 15) is 0 Å². The summed E-state index contributed by atoms with van der Waals surface area (Å²) in [5, 5.41) is 0. The first-order valence-electron chi connectivity index (χ1n) is 8.51. The van der Waals surface area contributed by atoms with Gasteiger partial charge in [-0.25, -0.2) is 0 Å². The smallest absolute Gasteiger partial charge is 0.349 e. The maximum atomic E-state index is 2.57. The minimum atomic E-state index is 0. The second-order valence-electron chi connectivity index (χ2n) is 6.20. The van der Waals surface area contributed by atoms with Gasteiger partial charge in [0.25, 0.3) is 0 Å². The molecule has 0 spiro atoms. The molecule has 0 fully saturated rings. The lowest BCUT2D eigenvalue weighted by molar-refractivity contribution is -0.476. The van der Waals surface area contributed by atoms with Crippen LogP contribution in [0.15, 0.2) is 0 Å². The van der Waals surface area contributed by atoms with Gasteiger partial charge in [0.1, 0.15) is 0 Å². The van der Waals surface area contributed by atoms with Gasteiger partial charge in [0, 0.05) is 0 Å². The van der Waals surface area contributed by atoms with Crippen LogP contribution in [0.4, 0.5) is 0 Å². The van der Waals surface area contributed by atoms with Gasteiger partial charge >= 0.3 is 5.96 Å². The Morgan fingerprint density at radius 1 is 0.762 bits per heavy atom. The molecule has 21 heavy (non-hydrogen) atoms. The van der Waals surface area contributed by atoms with E-state index in [-0.39, 0.29) is 12.4 Å². The first-order valence-corrected chi connectivity index (χ1v) is 8.51. The Balaban J connectivity index is 0. The molecular weight excluding hydrogens is 282 g/mol. The summed E-state index contributed by atoms with van der Waals surface area (Å²) in [5.74, 6) is 1.35. The molecule has 0 radical (unpaired) electrons. The molecule has 128 valence electrons. The van der Waals surface area contributed by atoms with Crippen molar-refractivity contribution in [1.29, 1.82) is 0 Å². The second-order valence-corrected chi connectivity index (χ2v) is 6.20. The SMILES string of the molecule is CCCCCCN(CCCCCC)C(N(C)C)=[N+](C)C.[Cl-]. The fourth-order valence-corrected chi connectivity index (χ4v) is 2.74. The quantitative estimate of drug-likeness (QED) is 0.253. The minimum Gasteiger partial charge on any atom is -1.00 e. The monoisotopic (exact) mass is 319 g/mol. The molecule has 0 aliphatic carbocycles. The van der Waals surface area contributed by atoms with E-state index in [1.54, 1.807) is 0 Å². The van der Waals surface area contributed by atoms with E-state index >= 15 is 0 Å². The largest absolute Gasteiger partial charge is 1.00 e. The average molecular weight is 320 g/mol. The maximum Gasteiger partial charge on any atom is 0.349 e. The van der Waals surface area contributed by atoms with Crippen molar-refractivity contribution in [2.75, 3.05) is 41.3 Å². The number of halogens is 1. The maximum absolute atomic E-state index is 2.57. The van der Waals surface area contributed by atoms with Crippen LogP contribution in [0.5, 0.6) is 0 Å². The third-order valence-electron chi connectivity index (χ3n) is 3.65. The lowest BCUT2D eigenvalue weighted by Gasteiger charge is -2.25. The van der Waals surface area contributed by atoms with Crippen molar-refractivity contribution in [2.24, 2.45) is 0 Å². The van der Waals surface area contributed by atoms with Gasteiger partial charge in [-0.1, -0.05) is 52.4 Å². The Morgan fingerprint density at radius 3 is 1.48 bits per heavy atom. The van der Waals surface area contributed by atoms with Crippen molar-refractivity contribution in [3.63, 3.8) is 0 Å². The zero-order chi connectivity index (χ0) is 15.4. The summed E-state index contributed by atoms with van der Waals surface area (Å²) in [6, 6.07) is 0. The van der Waals surface area contributed by atoms with Crippen molar-refractivity contribution in [3.8, 4) is 0 Å². The van der Waals surface area contributed by atoms with Gasteiger partial charge in [0.15, 0.2) is 0 Å². The van der Waals surface area contributed by atoms with Crippen LogP contribution in [0.1, 0.15) is 65.2 Å². The molecule has 4 heteroatoms. The number of nitrogens with zero attached hydrogens (tertiary/aromatic N) is 3. The van der Waals surface area contributed by atoms with Crippen LogP contribution >= 0.6 is 0 Å². The molecule has 0 saturated heterocycles. The summed E-state index contributed by atoms with van der Waals surface area (Å²) in [5.41, 5.74) is 0. The Hall–Kier alpha value is -0.440. The van der Waals surface area contributed by atoms with Crippen LogP contribution in [0.25, 0.3) is 0 Å². The highest BCUT2D eigenvalue weighted by Crippen LogP contribution is 2.07. The van der Waals surface area contributed by atoms with Crippen LogP contribution in [-0.4, -0.2) is 61.6 Å². The zero-order valence-corrected chi connectivity index (χ0v) is 16.0. The first-order chi connectivity index (χ1) is 9.54. The van der Waals surface area contributed by atoms with Gasteiger partial charge in [-0.05, 0) is 12.8 Å². The summed E-state index contributed by atoms with van der Waals surface area (Å²) < 4.78 is 2.25. The van der Waals surface area contributed by atoms with Crippen LogP contribution in [0.3, 0.4) is 0 Å². The highest BCUT2D eigenvalue weighted by Gasteiger charge is 2.21. The predicted octanol–water partition coefficient (Wildman–Crippen LogP) is 0.643. The van der Waals surface area contributed by atoms with Gasteiger partial charge in [-0.15, -0.1) is 0 Å². The van der Waals surface area contributed by atoms with Crippen LogP contribution in [0.2, 0.25) is 0 Å². The molecule has 0 aliphatic heterocycles. The third kappa shape index (κ3) is 10.9. The molecule has 0 aromatic heterocycles. The molecule has 0 amide bonds. The normalized spacial score (nSPS) is 10.0. The summed E-state index contributed by atoms with van der Waals surface area (Å²) in [4.78, 5) is 4.82. The van der Waals surface area contributed by atoms with E-state index in [1.165, 1.54) is 70.4 Å². The lowest BCUT2D eigenvalue weighted by atomic mass is 10.1.